The summed E-state index contributed by atoms with van der Waals surface area (Å²) in [6.07, 6.45) is 17.5. The lowest BCUT2D eigenvalue weighted by Crippen LogP contribution is -2.14. The van der Waals surface area contributed by atoms with E-state index in [9.17, 15) is 0 Å². The Balaban J connectivity index is 3.63. The van der Waals surface area contributed by atoms with E-state index in [1.165, 1.54) is 83.5 Å². The smallest absolute Gasteiger partial charge is 0.0575 e. The van der Waals surface area contributed by atoms with Gasteiger partial charge in [0.05, 0.1) is 6.10 Å². The lowest BCUT2D eigenvalue weighted by molar-refractivity contribution is 0.0362. The average Bonchev–Trinajstić information content (AvgIpc) is 2.56. The first-order chi connectivity index (χ1) is 11.7. The second kappa shape index (κ2) is 19.2. The minimum absolute atomic E-state index is 0.510. The van der Waals surface area contributed by atoms with Crippen LogP contribution in [0, 0.1) is 5.92 Å². The number of ether oxygens (including phenoxy) is 2. The van der Waals surface area contributed by atoms with Crippen LogP contribution in [0.2, 0.25) is 0 Å². The Morgan fingerprint density at radius 1 is 0.625 bits per heavy atom. The first-order valence-corrected chi connectivity index (χ1v) is 10.9. The standard InChI is InChI=1S/C22H46O2/c1-5-7-9-10-13-16-22(24-19-8-6-2)17-14-11-12-15-18-23-20-21(3)4/h21-22H,5-20H2,1-4H3. The van der Waals surface area contributed by atoms with Gasteiger partial charge in [0.2, 0.25) is 0 Å². The van der Waals surface area contributed by atoms with Gasteiger partial charge in [0.1, 0.15) is 0 Å². The largest absolute Gasteiger partial charge is 0.381 e. The summed E-state index contributed by atoms with van der Waals surface area (Å²) >= 11 is 0. The molecular weight excluding hydrogens is 296 g/mol. The minimum Gasteiger partial charge on any atom is -0.381 e. The molecule has 0 aliphatic heterocycles. The van der Waals surface area contributed by atoms with Gasteiger partial charge in [0.15, 0.2) is 0 Å². The van der Waals surface area contributed by atoms with Gasteiger partial charge in [0, 0.05) is 19.8 Å². The van der Waals surface area contributed by atoms with Crippen molar-refractivity contribution >= 4 is 0 Å². The first kappa shape index (κ1) is 23.9. The summed E-state index contributed by atoms with van der Waals surface area (Å²) in [5.74, 6) is 0.656. The molecule has 0 saturated heterocycles. The third kappa shape index (κ3) is 18.3. The van der Waals surface area contributed by atoms with Gasteiger partial charge in [-0.3, -0.25) is 0 Å². The highest BCUT2D eigenvalue weighted by Crippen LogP contribution is 2.16. The number of unbranched alkanes of at least 4 members (excludes halogenated alkanes) is 8. The van der Waals surface area contributed by atoms with Crippen molar-refractivity contribution in [2.45, 2.75) is 117 Å². The molecule has 0 spiro atoms. The highest BCUT2D eigenvalue weighted by atomic mass is 16.5. The molecule has 0 rings (SSSR count). The quantitative estimate of drug-likeness (QED) is 0.232. The lowest BCUT2D eigenvalue weighted by atomic mass is 10.0. The van der Waals surface area contributed by atoms with E-state index in [2.05, 4.69) is 27.7 Å². The van der Waals surface area contributed by atoms with Gasteiger partial charge < -0.3 is 9.47 Å². The second-order valence-corrected chi connectivity index (χ2v) is 7.72. The number of hydrogen-bond acceptors (Lipinski definition) is 2. The third-order valence-corrected chi connectivity index (χ3v) is 4.50. The number of hydrogen-bond donors (Lipinski definition) is 0. The van der Waals surface area contributed by atoms with Crippen LogP contribution in [0.25, 0.3) is 0 Å². The molecule has 2 nitrogen and oxygen atoms in total. The average molecular weight is 343 g/mol. The summed E-state index contributed by atoms with van der Waals surface area (Å²) < 4.78 is 11.8. The van der Waals surface area contributed by atoms with Gasteiger partial charge in [-0.15, -0.1) is 0 Å². The SMILES string of the molecule is CCCCCCCC(CCCCCCOCC(C)C)OCCCC. The second-order valence-electron chi connectivity index (χ2n) is 7.72. The lowest BCUT2D eigenvalue weighted by Gasteiger charge is -2.18. The topological polar surface area (TPSA) is 18.5 Å². The molecule has 146 valence electrons. The summed E-state index contributed by atoms with van der Waals surface area (Å²) in [4.78, 5) is 0. The van der Waals surface area contributed by atoms with Crippen molar-refractivity contribution < 1.29 is 9.47 Å². The molecule has 0 heterocycles. The molecule has 0 aromatic rings. The maximum atomic E-state index is 6.14. The fourth-order valence-corrected chi connectivity index (χ4v) is 2.93. The predicted molar refractivity (Wildman–Crippen MR) is 107 cm³/mol. The monoisotopic (exact) mass is 342 g/mol. The van der Waals surface area contributed by atoms with E-state index in [1.54, 1.807) is 0 Å². The Kier molecular flexibility index (Phi) is 19.2. The third-order valence-electron chi connectivity index (χ3n) is 4.50. The van der Waals surface area contributed by atoms with Gasteiger partial charge in [-0.1, -0.05) is 85.5 Å². The zero-order chi connectivity index (χ0) is 17.9. The minimum atomic E-state index is 0.510. The van der Waals surface area contributed by atoms with E-state index in [0.717, 1.165) is 19.8 Å². The Labute approximate surface area is 153 Å². The Bertz CT molecular complexity index is 228. The van der Waals surface area contributed by atoms with Gasteiger partial charge >= 0.3 is 0 Å². The molecule has 0 aliphatic rings. The van der Waals surface area contributed by atoms with Crippen molar-refractivity contribution in [3.63, 3.8) is 0 Å². The summed E-state index contributed by atoms with van der Waals surface area (Å²) in [7, 11) is 0. The van der Waals surface area contributed by atoms with E-state index in [1.807, 2.05) is 0 Å². The molecule has 24 heavy (non-hydrogen) atoms. The molecule has 0 radical (unpaired) electrons. The molecule has 0 bridgehead atoms. The van der Waals surface area contributed by atoms with E-state index >= 15 is 0 Å². The van der Waals surface area contributed by atoms with E-state index < -0.39 is 0 Å². The molecule has 0 amide bonds. The van der Waals surface area contributed by atoms with Crippen LogP contribution < -0.4 is 0 Å². The van der Waals surface area contributed by atoms with Crippen LogP contribution in [0.15, 0.2) is 0 Å². The van der Waals surface area contributed by atoms with Crippen LogP contribution in [0.1, 0.15) is 111 Å². The van der Waals surface area contributed by atoms with E-state index in [-0.39, 0.29) is 0 Å². The molecule has 1 unspecified atom stereocenters. The maximum absolute atomic E-state index is 6.14. The van der Waals surface area contributed by atoms with Gasteiger partial charge in [0.25, 0.3) is 0 Å². The Morgan fingerprint density at radius 3 is 1.79 bits per heavy atom. The fraction of sp³-hybridized carbons (Fsp3) is 1.00. The van der Waals surface area contributed by atoms with Crippen LogP contribution in [0.4, 0.5) is 0 Å². The molecule has 0 fully saturated rings. The maximum Gasteiger partial charge on any atom is 0.0575 e. The normalized spacial score (nSPS) is 12.9. The summed E-state index contributed by atoms with van der Waals surface area (Å²) in [6.45, 7) is 11.7. The Hall–Kier alpha value is -0.0800. The molecular formula is C22H46O2. The number of rotatable bonds is 19. The predicted octanol–water partition coefficient (Wildman–Crippen LogP) is 7.16. The molecule has 0 saturated carbocycles. The van der Waals surface area contributed by atoms with Crippen molar-refractivity contribution in [1.82, 2.24) is 0 Å². The summed E-state index contributed by atoms with van der Waals surface area (Å²) in [5.41, 5.74) is 0. The van der Waals surface area contributed by atoms with Crippen LogP contribution in [-0.2, 0) is 9.47 Å². The van der Waals surface area contributed by atoms with Crippen LogP contribution >= 0.6 is 0 Å². The molecule has 0 N–H and O–H groups in total. The summed E-state index contributed by atoms with van der Waals surface area (Å²) in [6, 6.07) is 0. The first-order valence-electron chi connectivity index (χ1n) is 10.9. The van der Waals surface area contributed by atoms with Crippen molar-refractivity contribution in [1.29, 1.82) is 0 Å². The van der Waals surface area contributed by atoms with E-state index in [0.29, 0.717) is 12.0 Å². The molecule has 2 heteroatoms. The molecule has 1 atom stereocenters. The van der Waals surface area contributed by atoms with Crippen molar-refractivity contribution in [2.24, 2.45) is 5.92 Å². The van der Waals surface area contributed by atoms with Crippen molar-refractivity contribution in [2.75, 3.05) is 19.8 Å². The highest BCUT2D eigenvalue weighted by molar-refractivity contribution is 4.60. The zero-order valence-corrected chi connectivity index (χ0v) is 17.3. The van der Waals surface area contributed by atoms with Crippen LogP contribution in [0.5, 0.6) is 0 Å². The summed E-state index contributed by atoms with van der Waals surface area (Å²) in [5, 5.41) is 0. The van der Waals surface area contributed by atoms with Crippen LogP contribution in [-0.4, -0.2) is 25.9 Å². The molecule has 0 aromatic carbocycles. The van der Waals surface area contributed by atoms with Crippen molar-refractivity contribution in [3.05, 3.63) is 0 Å². The van der Waals surface area contributed by atoms with E-state index in [4.69, 9.17) is 9.47 Å². The van der Waals surface area contributed by atoms with Gasteiger partial charge in [-0.2, -0.15) is 0 Å². The fourth-order valence-electron chi connectivity index (χ4n) is 2.93. The highest BCUT2D eigenvalue weighted by Gasteiger charge is 2.08. The Morgan fingerprint density at radius 2 is 1.21 bits per heavy atom. The van der Waals surface area contributed by atoms with Gasteiger partial charge in [-0.05, 0) is 31.6 Å². The zero-order valence-electron chi connectivity index (χ0n) is 17.3. The van der Waals surface area contributed by atoms with Crippen LogP contribution in [0.3, 0.4) is 0 Å². The van der Waals surface area contributed by atoms with Gasteiger partial charge in [-0.25, -0.2) is 0 Å². The molecule has 0 aromatic heterocycles. The molecule has 0 aliphatic carbocycles. The van der Waals surface area contributed by atoms with Crippen molar-refractivity contribution in [3.8, 4) is 0 Å².